The molecule has 0 bridgehead atoms. The number of aryl methyl sites for hydroxylation is 1. The van der Waals surface area contributed by atoms with Gasteiger partial charge in [0.25, 0.3) is 5.69 Å². The molecule has 2 unspecified atom stereocenters. The van der Waals surface area contributed by atoms with Gasteiger partial charge < -0.3 is 5.32 Å². The van der Waals surface area contributed by atoms with E-state index in [1.165, 1.54) is 25.7 Å². The lowest BCUT2D eigenvalue weighted by Crippen LogP contribution is -2.27. The molecule has 0 saturated heterocycles. The number of aromatic nitrogens is 1. The molecular formula is C16H25N3O2. The predicted molar refractivity (Wildman–Crippen MR) is 83.2 cm³/mol. The summed E-state index contributed by atoms with van der Waals surface area (Å²) in [5.74, 6) is 1.56. The van der Waals surface area contributed by atoms with Crippen LogP contribution in [-0.2, 0) is 6.54 Å². The lowest BCUT2D eigenvalue weighted by atomic mass is 9.82. The highest BCUT2D eigenvalue weighted by atomic mass is 16.6. The SMILES string of the molecule is Cc1cnc(CNCC2CCCC(C)C2)c(C)c1[N+](=O)[O-]. The average molecular weight is 291 g/mol. The molecule has 1 aliphatic carbocycles. The Morgan fingerprint density at radius 3 is 2.86 bits per heavy atom. The largest absolute Gasteiger partial charge is 0.311 e. The van der Waals surface area contributed by atoms with E-state index in [4.69, 9.17) is 0 Å². The molecular weight excluding hydrogens is 266 g/mol. The quantitative estimate of drug-likeness (QED) is 0.665. The molecule has 0 amide bonds. The average Bonchev–Trinajstić information content (AvgIpc) is 2.41. The van der Waals surface area contributed by atoms with Crippen molar-refractivity contribution in [3.63, 3.8) is 0 Å². The van der Waals surface area contributed by atoms with Crippen molar-refractivity contribution in [3.05, 3.63) is 33.1 Å². The van der Waals surface area contributed by atoms with Crippen molar-refractivity contribution in [2.45, 2.75) is 53.0 Å². The highest BCUT2D eigenvalue weighted by Crippen LogP contribution is 2.28. The topological polar surface area (TPSA) is 68.1 Å². The molecule has 1 heterocycles. The van der Waals surface area contributed by atoms with Crippen LogP contribution in [0.25, 0.3) is 0 Å². The Morgan fingerprint density at radius 1 is 1.43 bits per heavy atom. The molecule has 1 aromatic rings. The minimum Gasteiger partial charge on any atom is -0.311 e. The van der Waals surface area contributed by atoms with Gasteiger partial charge in [-0.05, 0) is 45.1 Å². The van der Waals surface area contributed by atoms with E-state index >= 15 is 0 Å². The van der Waals surface area contributed by atoms with Crippen LogP contribution in [0.15, 0.2) is 6.20 Å². The van der Waals surface area contributed by atoms with E-state index in [0.29, 0.717) is 17.7 Å². The number of hydrogen-bond acceptors (Lipinski definition) is 4. The van der Waals surface area contributed by atoms with Crippen molar-refractivity contribution >= 4 is 5.69 Å². The maximum atomic E-state index is 11.1. The third kappa shape index (κ3) is 4.00. The number of nitrogens with one attached hydrogen (secondary N) is 1. The van der Waals surface area contributed by atoms with Crippen molar-refractivity contribution in [1.82, 2.24) is 10.3 Å². The second-order valence-corrected chi connectivity index (χ2v) is 6.39. The van der Waals surface area contributed by atoms with Gasteiger partial charge in [-0.2, -0.15) is 0 Å². The van der Waals surface area contributed by atoms with Crippen LogP contribution in [-0.4, -0.2) is 16.5 Å². The lowest BCUT2D eigenvalue weighted by Gasteiger charge is -2.26. The fraction of sp³-hybridized carbons (Fsp3) is 0.688. The van der Waals surface area contributed by atoms with Crippen LogP contribution in [0.4, 0.5) is 5.69 Å². The Balaban J connectivity index is 1.94. The van der Waals surface area contributed by atoms with Gasteiger partial charge in [0, 0.05) is 23.9 Å². The van der Waals surface area contributed by atoms with Gasteiger partial charge in [-0.15, -0.1) is 0 Å². The summed E-state index contributed by atoms with van der Waals surface area (Å²) >= 11 is 0. The normalized spacial score (nSPS) is 22.2. The molecule has 0 radical (unpaired) electrons. The highest BCUT2D eigenvalue weighted by molar-refractivity contribution is 5.47. The summed E-state index contributed by atoms with van der Waals surface area (Å²) in [6, 6.07) is 0. The van der Waals surface area contributed by atoms with Crippen molar-refractivity contribution < 1.29 is 4.92 Å². The van der Waals surface area contributed by atoms with E-state index in [1.807, 2.05) is 0 Å². The summed E-state index contributed by atoms with van der Waals surface area (Å²) in [5.41, 5.74) is 2.30. The first-order valence-corrected chi connectivity index (χ1v) is 7.79. The molecule has 1 aromatic heterocycles. The maximum Gasteiger partial charge on any atom is 0.278 e. The minimum atomic E-state index is -0.307. The lowest BCUT2D eigenvalue weighted by molar-refractivity contribution is -0.386. The first-order valence-electron chi connectivity index (χ1n) is 7.79. The Bertz CT molecular complexity index is 516. The highest BCUT2D eigenvalue weighted by Gasteiger charge is 2.20. The monoisotopic (exact) mass is 291 g/mol. The fourth-order valence-corrected chi connectivity index (χ4v) is 3.36. The molecule has 0 aliphatic heterocycles. The molecule has 1 N–H and O–H groups in total. The minimum absolute atomic E-state index is 0.202. The van der Waals surface area contributed by atoms with Crippen molar-refractivity contribution in [2.24, 2.45) is 11.8 Å². The molecule has 1 aliphatic rings. The summed E-state index contributed by atoms with van der Waals surface area (Å²) in [5, 5.41) is 14.5. The van der Waals surface area contributed by atoms with Crippen molar-refractivity contribution in [3.8, 4) is 0 Å². The van der Waals surface area contributed by atoms with Crippen LogP contribution < -0.4 is 5.32 Å². The smallest absolute Gasteiger partial charge is 0.278 e. The standard InChI is InChI=1S/C16H25N3O2/c1-11-5-4-6-14(7-11)9-17-10-15-13(3)16(19(20)21)12(2)8-18-15/h8,11,14,17H,4-7,9-10H2,1-3H3. The van der Waals surface area contributed by atoms with Gasteiger partial charge in [-0.25, -0.2) is 0 Å². The molecule has 5 nitrogen and oxygen atoms in total. The van der Waals surface area contributed by atoms with Gasteiger partial charge >= 0.3 is 0 Å². The zero-order valence-corrected chi connectivity index (χ0v) is 13.2. The fourth-order valence-electron chi connectivity index (χ4n) is 3.36. The Kier molecular flexibility index (Phi) is 5.28. The van der Waals surface area contributed by atoms with E-state index in [-0.39, 0.29) is 10.6 Å². The predicted octanol–water partition coefficient (Wildman–Crippen LogP) is 3.52. The Hall–Kier alpha value is -1.49. The zero-order chi connectivity index (χ0) is 15.4. The van der Waals surface area contributed by atoms with E-state index in [0.717, 1.165) is 24.1 Å². The number of nitro groups is 1. The van der Waals surface area contributed by atoms with Crippen molar-refractivity contribution in [1.29, 1.82) is 0 Å². The Morgan fingerprint density at radius 2 is 2.19 bits per heavy atom. The van der Waals surface area contributed by atoms with E-state index in [2.05, 4.69) is 17.2 Å². The molecule has 116 valence electrons. The number of hydrogen-bond donors (Lipinski definition) is 1. The molecule has 21 heavy (non-hydrogen) atoms. The van der Waals surface area contributed by atoms with Gasteiger partial charge in [0.05, 0.1) is 10.6 Å². The van der Waals surface area contributed by atoms with E-state index in [1.54, 1.807) is 20.0 Å². The molecule has 1 fully saturated rings. The van der Waals surface area contributed by atoms with Gasteiger partial charge in [0.1, 0.15) is 0 Å². The number of pyridine rings is 1. The van der Waals surface area contributed by atoms with Crippen molar-refractivity contribution in [2.75, 3.05) is 6.54 Å². The molecule has 0 aromatic carbocycles. The first kappa shape index (κ1) is 15.9. The van der Waals surface area contributed by atoms with Crippen LogP contribution in [0.2, 0.25) is 0 Å². The van der Waals surface area contributed by atoms with Crippen LogP contribution in [0.3, 0.4) is 0 Å². The second-order valence-electron chi connectivity index (χ2n) is 6.39. The summed E-state index contributed by atoms with van der Waals surface area (Å²) in [6.45, 7) is 7.43. The summed E-state index contributed by atoms with van der Waals surface area (Å²) in [6.07, 6.45) is 6.85. The van der Waals surface area contributed by atoms with Gasteiger partial charge in [-0.1, -0.05) is 19.8 Å². The Labute approximate surface area is 126 Å². The maximum absolute atomic E-state index is 11.1. The third-order valence-corrected chi connectivity index (χ3v) is 4.53. The molecule has 1 saturated carbocycles. The molecule has 0 spiro atoms. The van der Waals surface area contributed by atoms with Gasteiger partial charge in [0.2, 0.25) is 0 Å². The molecule has 2 rings (SSSR count). The number of rotatable bonds is 5. The van der Waals surface area contributed by atoms with Crippen LogP contribution in [0, 0.1) is 35.8 Å². The van der Waals surface area contributed by atoms with E-state index < -0.39 is 0 Å². The van der Waals surface area contributed by atoms with E-state index in [9.17, 15) is 10.1 Å². The third-order valence-electron chi connectivity index (χ3n) is 4.53. The zero-order valence-electron chi connectivity index (χ0n) is 13.2. The summed E-state index contributed by atoms with van der Waals surface area (Å²) in [7, 11) is 0. The van der Waals surface area contributed by atoms with Gasteiger partial charge in [0.15, 0.2) is 0 Å². The molecule has 5 heteroatoms. The van der Waals surface area contributed by atoms with Crippen LogP contribution in [0.1, 0.15) is 49.4 Å². The molecule has 2 atom stereocenters. The summed E-state index contributed by atoms with van der Waals surface area (Å²) in [4.78, 5) is 15.2. The van der Waals surface area contributed by atoms with Crippen LogP contribution >= 0.6 is 0 Å². The summed E-state index contributed by atoms with van der Waals surface area (Å²) < 4.78 is 0. The second kappa shape index (κ2) is 6.98. The first-order chi connectivity index (χ1) is 9.99. The number of nitrogens with zero attached hydrogens (tertiary/aromatic N) is 2. The van der Waals surface area contributed by atoms with Gasteiger partial charge in [-0.3, -0.25) is 15.1 Å². The van der Waals surface area contributed by atoms with Crippen LogP contribution in [0.5, 0.6) is 0 Å².